The van der Waals surface area contributed by atoms with E-state index in [1.165, 1.54) is 0 Å². The number of rotatable bonds is 41. The summed E-state index contributed by atoms with van der Waals surface area (Å²) in [5.41, 5.74) is -1.63. The summed E-state index contributed by atoms with van der Waals surface area (Å²) in [4.78, 5) is 230. The molecule has 0 aliphatic carbocycles. The lowest BCUT2D eigenvalue weighted by molar-refractivity contribution is -0.140. The minimum Gasteiger partial charge on any atom is -0.480 e. The van der Waals surface area contributed by atoms with Gasteiger partial charge in [-0.25, -0.2) is 0 Å². The largest absolute Gasteiger partial charge is 0.480 e. The lowest BCUT2D eigenvalue weighted by atomic mass is 9.81. The molecular weight excluding hydrogens is 1550 g/mol. The first-order valence-corrected chi connectivity index (χ1v) is 38.9. The molecule has 15 N–H and O–H groups in total. The van der Waals surface area contributed by atoms with Gasteiger partial charge in [0.05, 0.1) is 105 Å². The summed E-state index contributed by atoms with van der Waals surface area (Å²) >= 11 is 0. The molecule has 47 nitrogen and oxygen atoms in total. The molecule has 4 saturated heterocycles. The molecule has 4 aliphatic heterocycles. The number of hydrogen-bond acceptors (Lipinski definition) is 32. The predicted octanol–water partition coefficient (Wildman–Crippen LogP) is -10.4. The summed E-state index contributed by atoms with van der Waals surface area (Å²) < 4.78 is 0. The summed E-state index contributed by atoms with van der Waals surface area (Å²) in [5.74, 6) is -16.9. The van der Waals surface area contributed by atoms with Crippen molar-refractivity contribution in [3.05, 3.63) is 0 Å². The van der Waals surface area contributed by atoms with E-state index in [9.17, 15) is 133 Å². The fourth-order valence-electron chi connectivity index (χ4n) is 14.0. The van der Waals surface area contributed by atoms with Crippen LogP contribution >= 0.6 is 0 Å². The zero-order valence-electron chi connectivity index (χ0n) is 66.5. The molecule has 4 rings (SSSR count). The molecule has 0 saturated carbocycles. The van der Waals surface area contributed by atoms with Gasteiger partial charge < -0.3 is 77.2 Å². The summed E-state index contributed by atoms with van der Waals surface area (Å²) in [6, 6.07) is 0. The molecule has 4 aliphatic rings. The van der Waals surface area contributed by atoms with Crippen molar-refractivity contribution in [2.75, 3.05) is 334 Å². The third-order valence-electron chi connectivity index (χ3n) is 20.4. The Morgan fingerprint density at radius 2 is 0.291 bits per heavy atom. The standard InChI is InChI=1S/C70H121N19O28/c90-54(35-74-3-11-78(39-58(94)95)19-27-86(47-66(110)111)28-20-79(12-4-74)40-59(96)97)1-2-70(51-71-55(91)36-75-5-13-80(41-60(98)99)21-29-87(48-67(112)113)30-22-81(14-6-75)42-61(100)101,52-72-56(92)37-76-7-15-82(43-62(102)103)23-31-88(49-68(114)115)32-24-83(16-8-76)44-63(104)105)53-73-57(93)38-77-9-17-84(45-64(106)107)25-33-89(50-69(116)117)34-26-85(18-10-77)46-65(108)109/h1-53H2,(H,71,91)(H,72,92)(H,73,93)(H,94,95)(H,96,97)(H,98,99)(H,100,101)(H,102,103)(H,104,105)(H,106,107)(H,108,109)(H,110,111)(H,112,113)(H,114,115)(H,116,117). The molecule has 664 valence electrons. The van der Waals surface area contributed by atoms with E-state index in [1.54, 1.807) is 78.4 Å². The van der Waals surface area contributed by atoms with Crippen molar-refractivity contribution >= 4 is 95.1 Å². The number of aliphatic carboxylic acids is 12. The molecule has 0 bridgehead atoms. The van der Waals surface area contributed by atoms with Crippen LogP contribution in [0.3, 0.4) is 0 Å². The molecule has 4 heterocycles. The fourth-order valence-corrected chi connectivity index (χ4v) is 14.0. The van der Waals surface area contributed by atoms with Gasteiger partial charge in [-0.05, 0) is 6.42 Å². The molecule has 0 atom stereocenters. The Kier molecular flexibility index (Phi) is 46.5. The third-order valence-corrected chi connectivity index (χ3v) is 20.4. The highest BCUT2D eigenvalue weighted by Crippen LogP contribution is 2.24. The van der Waals surface area contributed by atoms with Gasteiger partial charge in [-0.15, -0.1) is 0 Å². The average Bonchev–Trinajstić information content (AvgIpc) is 0.846. The van der Waals surface area contributed by atoms with Gasteiger partial charge in [-0.1, -0.05) is 0 Å². The maximum Gasteiger partial charge on any atom is 0.317 e. The van der Waals surface area contributed by atoms with Crippen LogP contribution in [-0.4, -0.2) is 569 Å². The lowest BCUT2D eigenvalue weighted by Crippen LogP contribution is -2.55. The number of carbonyl (C=O) groups excluding carboxylic acids is 4. The first kappa shape index (κ1) is 100. The molecule has 0 radical (unpaired) electrons. The lowest BCUT2D eigenvalue weighted by Gasteiger charge is -2.37. The van der Waals surface area contributed by atoms with Gasteiger partial charge in [-0.2, -0.15) is 0 Å². The van der Waals surface area contributed by atoms with Crippen LogP contribution < -0.4 is 16.0 Å². The van der Waals surface area contributed by atoms with Crippen LogP contribution in [0.25, 0.3) is 0 Å². The highest BCUT2D eigenvalue weighted by molar-refractivity contribution is 5.82. The van der Waals surface area contributed by atoms with E-state index in [2.05, 4.69) is 16.0 Å². The van der Waals surface area contributed by atoms with Crippen molar-refractivity contribution in [3.8, 4) is 0 Å². The number of carbonyl (C=O) groups is 16. The van der Waals surface area contributed by atoms with Gasteiger partial charge in [0, 0.05) is 241 Å². The second-order valence-corrected chi connectivity index (χ2v) is 30.0. The van der Waals surface area contributed by atoms with Gasteiger partial charge in [0.15, 0.2) is 0 Å². The number of carboxylic acids is 12. The Balaban J connectivity index is 1.89. The zero-order valence-corrected chi connectivity index (χ0v) is 66.5. The predicted molar refractivity (Wildman–Crippen MR) is 410 cm³/mol. The van der Waals surface area contributed by atoms with E-state index in [0.29, 0.717) is 0 Å². The molecule has 47 heteroatoms. The summed E-state index contributed by atoms with van der Waals surface area (Å²) in [6.45, 7) is -7.50. The van der Waals surface area contributed by atoms with Crippen LogP contribution in [0.4, 0.5) is 0 Å². The number of hydrogen-bond donors (Lipinski definition) is 15. The van der Waals surface area contributed by atoms with E-state index in [-0.39, 0.29) is 222 Å². The summed E-state index contributed by atoms with van der Waals surface area (Å²) in [7, 11) is 0. The molecule has 0 aromatic heterocycles. The van der Waals surface area contributed by atoms with Gasteiger partial charge >= 0.3 is 71.6 Å². The smallest absolute Gasteiger partial charge is 0.317 e. The topological polar surface area (TPSA) is 604 Å². The number of Topliss-reactive ketones (excluding diaryl/α,β-unsaturated/α-hetero) is 1. The van der Waals surface area contributed by atoms with E-state index in [1.807, 2.05) is 0 Å². The van der Waals surface area contributed by atoms with Gasteiger partial charge in [0.2, 0.25) is 17.7 Å². The molecular formula is C70H121N19O28. The highest BCUT2D eigenvalue weighted by atomic mass is 16.4. The number of nitrogens with zero attached hydrogens (tertiary/aromatic N) is 16. The van der Waals surface area contributed by atoms with Crippen LogP contribution in [-0.2, 0) is 76.7 Å². The maximum absolute atomic E-state index is 15.0. The van der Waals surface area contributed by atoms with Crippen LogP contribution in [0.1, 0.15) is 12.8 Å². The van der Waals surface area contributed by atoms with Crippen molar-refractivity contribution in [2.45, 2.75) is 12.8 Å². The average molecular weight is 1680 g/mol. The van der Waals surface area contributed by atoms with E-state index >= 15 is 4.79 Å². The monoisotopic (exact) mass is 1680 g/mol. The first-order valence-electron chi connectivity index (χ1n) is 38.9. The molecule has 0 spiro atoms. The van der Waals surface area contributed by atoms with Crippen molar-refractivity contribution in [1.82, 2.24) is 94.3 Å². The molecule has 4 fully saturated rings. The van der Waals surface area contributed by atoms with Crippen molar-refractivity contribution < 1.29 is 138 Å². The first-order chi connectivity index (χ1) is 55.3. The quantitative estimate of drug-likeness (QED) is 0.0270. The molecule has 117 heavy (non-hydrogen) atoms. The number of nitrogens with one attached hydrogen (secondary N) is 3. The minimum atomic E-state index is -1.63. The Hall–Kier alpha value is -8.92. The Morgan fingerprint density at radius 3 is 0.410 bits per heavy atom. The van der Waals surface area contributed by atoms with E-state index in [0.717, 1.165) is 0 Å². The molecule has 0 unspecified atom stereocenters. The highest BCUT2D eigenvalue weighted by Gasteiger charge is 2.36. The normalized spacial score (nSPS) is 19.7. The van der Waals surface area contributed by atoms with Crippen molar-refractivity contribution in [3.63, 3.8) is 0 Å². The SMILES string of the molecule is O=C(O)CN1CCN(CC(=O)O)CCN(CC(=O)CCC(CNC(=O)CN2CCN(CC(=O)O)CCN(CC(=O)O)CCN(CC(=O)O)CC2)(CNC(=O)CN2CCN(CC(=O)O)CCN(CC(=O)O)CCN(CC(=O)O)CC2)CNC(=O)CN2CCN(CC(=O)O)CCN(CC(=O)O)CCN(CC(=O)O)CC2)CCN(CC(=O)O)CC1. The van der Waals surface area contributed by atoms with Crippen molar-refractivity contribution in [1.29, 1.82) is 0 Å². The maximum atomic E-state index is 15.0. The van der Waals surface area contributed by atoms with Gasteiger partial charge in [-0.3, -0.25) is 155 Å². The van der Waals surface area contributed by atoms with E-state index in [4.69, 9.17) is 0 Å². The van der Waals surface area contributed by atoms with Crippen LogP contribution in [0, 0.1) is 5.41 Å². The fraction of sp³-hybridized carbons (Fsp3) is 0.771. The van der Waals surface area contributed by atoms with Crippen molar-refractivity contribution in [2.24, 2.45) is 5.41 Å². The Labute approximate surface area is 677 Å². The van der Waals surface area contributed by atoms with Crippen LogP contribution in [0.5, 0.6) is 0 Å². The van der Waals surface area contributed by atoms with Crippen LogP contribution in [0.15, 0.2) is 0 Å². The van der Waals surface area contributed by atoms with E-state index < -0.39 is 225 Å². The number of amides is 3. The molecule has 0 aromatic carbocycles. The second-order valence-electron chi connectivity index (χ2n) is 30.0. The minimum absolute atomic E-state index is 0.00227. The van der Waals surface area contributed by atoms with Gasteiger partial charge in [0.1, 0.15) is 5.78 Å². The second kappa shape index (κ2) is 54.2. The summed E-state index contributed by atoms with van der Waals surface area (Å²) in [5, 5.41) is 127. The van der Waals surface area contributed by atoms with Crippen LogP contribution in [0.2, 0.25) is 0 Å². The summed E-state index contributed by atoms with van der Waals surface area (Å²) in [6.07, 6.45) is -0.667. The molecule has 3 amide bonds. The third kappa shape index (κ3) is 46.7. The number of ketones is 1. The Bertz CT molecular complexity index is 2720. The Morgan fingerprint density at radius 1 is 0.179 bits per heavy atom. The number of carboxylic acid groups (broad SMARTS) is 12. The zero-order chi connectivity index (χ0) is 86.6. The van der Waals surface area contributed by atoms with Gasteiger partial charge in [0.25, 0.3) is 0 Å². The molecule has 0 aromatic rings.